The number of hydrogen-bond donors (Lipinski definition) is 3. The Morgan fingerprint density at radius 1 is 0.903 bits per heavy atom. The summed E-state index contributed by atoms with van der Waals surface area (Å²) in [5.41, 5.74) is 11.1. The first-order valence-corrected chi connectivity index (χ1v) is 10.5. The number of rotatable bonds is 8. The van der Waals surface area contributed by atoms with Crippen molar-refractivity contribution in [1.82, 2.24) is 0 Å². The zero-order valence-electron chi connectivity index (χ0n) is 18.2. The number of benzene rings is 3. The van der Waals surface area contributed by atoms with E-state index in [-0.39, 0.29) is 19.6 Å². The summed E-state index contributed by atoms with van der Waals surface area (Å²) in [6.07, 6.45) is 1.16. The van der Waals surface area contributed by atoms with Crippen LogP contribution in [0.2, 0.25) is 0 Å². The van der Waals surface area contributed by atoms with Crippen LogP contribution in [-0.2, 0) is 31.0 Å². The maximum absolute atomic E-state index is 11.0. The monoisotopic (exact) mass is 421 g/mol. The molecule has 5 nitrogen and oxygen atoms in total. The molecule has 0 saturated carbocycles. The molecule has 0 radical (unpaired) electrons. The van der Waals surface area contributed by atoms with E-state index in [1.165, 1.54) is 6.42 Å². The molecule has 0 aromatic heterocycles. The first-order valence-electron chi connectivity index (χ1n) is 10.5. The van der Waals surface area contributed by atoms with E-state index in [4.69, 9.17) is 15.6 Å². The Bertz CT molecular complexity index is 985. The minimum absolute atomic E-state index is 0.0764. The van der Waals surface area contributed by atoms with Crippen molar-refractivity contribution in [2.75, 3.05) is 0 Å². The van der Waals surface area contributed by atoms with Crippen molar-refractivity contribution in [1.29, 1.82) is 0 Å². The summed E-state index contributed by atoms with van der Waals surface area (Å²) in [5, 5.41) is 18.7. The Balaban J connectivity index is 0.00000107. The normalized spacial score (nSPS) is 10.2. The molecule has 0 aliphatic carbocycles. The van der Waals surface area contributed by atoms with Crippen LogP contribution in [0.5, 0.6) is 5.75 Å². The van der Waals surface area contributed by atoms with Crippen LogP contribution in [0.1, 0.15) is 42.5 Å². The molecule has 3 aromatic carbocycles. The lowest BCUT2D eigenvalue weighted by atomic mass is 9.98. The molecular weight excluding hydrogens is 390 g/mol. The van der Waals surface area contributed by atoms with Crippen molar-refractivity contribution >= 4 is 5.97 Å². The second kappa shape index (κ2) is 12.5. The third kappa shape index (κ3) is 7.55. The van der Waals surface area contributed by atoms with E-state index in [1.807, 2.05) is 48.5 Å². The summed E-state index contributed by atoms with van der Waals surface area (Å²) >= 11 is 0. The van der Waals surface area contributed by atoms with Crippen LogP contribution in [0.3, 0.4) is 0 Å². The topological polar surface area (TPSA) is 92.8 Å². The van der Waals surface area contributed by atoms with Gasteiger partial charge >= 0.3 is 5.97 Å². The maximum atomic E-state index is 11.0. The van der Waals surface area contributed by atoms with Crippen molar-refractivity contribution in [2.45, 2.75) is 46.4 Å². The molecule has 3 aromatic rings. The number of para-hydroxylation sites is 1. The van der Waals surface area contributed by atoms with Crippen LogP contribution < -0.4 is 10.5 Å². The third-order valence-electron chi connectivity index (χ3n) is 4.44. The first-order chi connectivity index (χ1) is 15.0. The fraction of sp³-hybridized carbons (Fsp3) is 0.269. The van der Waals surface area contributed by atoms with Gasteiger partial charge in [-0.25, -0.2) is 0 Å². The highest BCUT2D eigenvalue weighted by Gasteiger charge is 2.09. The van der Waals surface area contributed by atoms with E-state index < -0.39 is 5.97 Å². The minimum atomic E-state index is -0.902. The average Bonchev–Trinajstić information content (AvgIpc) is 2.78. The van der Waals surface area contributed by atoms with E-state index in [0.717, 1.165) is 27.8 Å². The van der Waals surface area contributed by atoms with Crippen LogP contribution in [0.4, 0.5) is 0 Å². The Hall–Kier alpha value is -3.15. The average molecular weight is 422 g/mol. The fourth-order valence-corrected chi connectivity index (χ4v) is 3.10. The molecule has 4 N–H and O–H groups in total. The van der Waals surface area contributed by atoms with Crippen LogP contribution in [0.25, 0.3) is 11.1 Å². The zero-order valence-corrected chi connectivity index (χ0v) is 18.2. The lowest BCUT2D eigenvalue weighted by Crippen LogP contribution is -2.04. The van der Waals surface area contributed by atoms with Crippen LogP contribution in [-0.4, -0.2) is 16.2 Å². The number of aliphatic hydroxyl groups is 1. The molecule has 5 heteroatoms. The van der Waals surface area contributed by atoms with Gasteiger partial charge in [-0.2, -0.15) is 0 Å². The third-order valence-corrected chi connectivity index (χ3v) is 4.44. The number of nitrogens with two attached hydrogens (primary N) is 1. The fourth-order valence-electron chi connectivity index (χ4n) is 3.10. The maximum Gasteiger partial charge on any atom is 0.307 e. The van der Waals surface area contributed by atoms with Crippen LogP contribution in [0, 0.1) is 0 Å². The highest BCUT2D eigenvalue weighted by Crippen LogP contribution is 2.25. The summed E-state index contributed by atoms with van der Waals surface area (Å²) in [6.45, 7) is 4.91. The largest absolute Gasteiger partial charge is 0.489 e. The summed E-state index contributed by atoms with van der Waals surface area (Å²) < 4.78 is 5.89. The summed E-state index contributed by atoms with van der Waals surface area (Å²) in [7, 11) is 0. The number of carboxylic acids is 1. The Morgan fingerprint density at radius 3 is 2.26 bits per heavy atom. The lowest BCUT2D eigenvalue weighted by molar-refractivity contribution is -0.136. The van der Waals surface area contributed by atoms with Gasteiger partial charge in [-0.15, -0.1) is 0 Å². The minimum Gasteiger partial charge on any atom is -0.489 e. The number of carbonyl (C=O) groups is 1. The summed E-state index contributed by atoms with van der Waals surface area (Å²) in [6, 6.07) is 20.9. The molecule has 0 amide bonds. The van der Waals surface area contributed by atoms with Gasteiger partial charge in [0.15, 0.2) is 0 Å². The first kappa shape index (κ1) is 24.1. The van der Waals surface area contributed by atoms with E-state index in [1.54, 1.807) is 18.2 Å². The molecule has 3 rings (SSSR count). The number of aliphatic hydroxyl groups excluding tert-OH is 1. The second-order valence-corrected chi connectivity index (χ2v) is 7.27. The number of aliphatic carboxylic acids is 1. The Morgan fingerprint density at radius 2 is 1.58 bits per heavy atom. The standard InChI is InChI=1S/C23H23NO4.C3H8/c24-13-16-4-3-6-19(9-16)21-10-17(14-25)8-18(11-21)15-28-22-7-2-1-5-20(22)12-23(26)27;1-3-2/h1-11,25H,12-15,24H2,(H,26,27);3H2,1-2H3. The molecule has 0 aliphatic rings. The molecule has 0 heterocycles. The van der Waals surface area contributed by atoms with Crippen LogP contribution in [0.15, 0.2) is 66.7 Å². The van der Waals surface area contributed by atoms with Crippen molar-refractivity contribution < 1.29 is 19.7 Å². The van der Waals surface area contributed by atoms with Gasteiger partial charge in [0.25, 0.3) is 0 Å². The van der Waals surface area contributed by atoms with Gasteiger partial charge in [-0.05, 0) is 52.1 Å². The Kier molecular flexibility index (Phi) is 9.75. The second-order valence-electron chi connectivity index (χ2n) is 7.27. The van der Waals surface area contributed by atoms with Crippen molar-refractivity contribution in [3.8, 4) is 16.9 Å². The van der Waals surface area contributed by atoms with E-state index >= 15 is 0 Å². The molecule has 0 atom stereocenters. The lowest BCUT2D eigenvalue weighted by Gasteiger charge is -2.13. The SMILES string of the molecule is CCC.NCc1cccc(-c2cc(CO)cc(COc3ccccc3CC(=O)O)c2)c1. The summed E-state index contributed by atoms with van der Waals surface area (Å²) in [4.78, 5) is 11.0. The molecule has 31 heavy (non-hydrogen) atoms. The van der Waals surface area contributed by atoms with Gasteiger partial charge in [-0.1, -0.05) is 62.7 Å². The highest BCUT2D eigenvalue weighted by molar-refractivity contribution is 5.71. The molecular formula is C26H31NO4. The van der Waals surface area contributed by atoms with Gasteiger partial charge in [0.1, 0.15) is 12.4 Å². The molecule has 0 spiro atoms. The molecule has 0 aliphatic heterocycles. The number of ether oxygens (including phenoxy) is 1. The van der Waals surface area contributed by atoms with Crippen molar-refractivity contribution in [3.63, 3.8) is 0 Å². The van der Waals surface area contributed by atoms with E-state index in [9.17, 15) is 9.90 Å². The summed E-state index contributed by atoms with van der Waals surface area (Å²) in [5.74, 6) is -0.355. The van der Waals surface area contributed by atoms with Crippen molar-refractivity contribution in [2.24, 2.45) is 5.73 Å². The van der Waals surface area contributed by atoms with Gasteiger partial charge in [0.2, 0.25) is 0 Å². The molecule has 0 saturated heterocycles. The van der Waals surface area contributed by atoms with Crippen LogP contribution >= 0.6 is 0 Å². The number of hydrogen-bond acceptors (Lipinski definition) is 4. The highest BCUT2D eigenvalue weighted by atomic mass is 16.5. The molecule has 164 valence electrons. The predicted octanol–water partition coefficient (Wildman–Crippen LogP) is 4.93. The van der Waals surface area contributed by atoms with Gasteiger partial charge in [-0.3, -0.25) is 4.79 Å². The molecule has 0 unspecified atom stereocenters. The Labute approximate surface area is 184 Å². The van der Waals surface area contributed by atoms with E-state index in [0.29, 0.717) is 17.9 Å². The predicted molar refractivity (Wildman–Crippen MR) is 124 cm³/mol. The zero-order chi connectivity index (χ0) is 22.6. The van der Waals surface area contributed by atoms with Gasteiger partial charge < -0.3 is 20.7 Å². The van der Waals surface area contributed by atoms with E-state index in [2.05, 4.69) is 13.8 Å². The number of carboxylic acid groups (broad SMARTS) is 1. The smallest absolute Gasteiger partial charge is 0.307 e. The molecule has 0 bridgehead atoms. The van der Waals surface area contributed by atoms with Crippen molar-refractivity contribution in [3.05, 3.63) is 89.0 Å². The van der Waals surface area contributed by atoms with Gasteiger partial charge in [0.05, 0.1) is 13.0 Å². The molecule has 0 fully saturated rings. The quantitative estimate of drug-likeness (QED) is 0.480. The van der Waals surface area contributed by atoms with Gasteiger partial charge in [0, 0.05) is 12.1 Å².